The van der Waals surface area contributed by atoms with Crippen molar-refractivity contribution in [3.8, 4) is 5.69 Å². The van der Waals surface area contributed by atoms with Gasteiger partial charge in [-0.25, -0.2) is 23.6 Å². The van der Waals surface area contributed by atoms with Gasteiger partial charge in [0.1, 0.15) is 18.0 Å². The van der Waals surface area contributed by atoms with Crippen molar-refractivity contribution in [1.82, 2.24) is 29.4 Å². The highest BCUT2D eigenvalue weighted by atomic mass is 19.1. The van der Waals surface area contributed by atoms with E-state index in [9.17, 15) is 4.39 Å². The highest BCUT2D eigenvalue weighted by Crippen LogP contribution is 2.19. The minimum Gasteiger partial charge on any atom is -0.216 e. The first-order chi connectivity index (χ1) is 9.72. The molecule has 0 unspecified atom stereocenters. The van der Waals surface area contributed by atoms with Crippen LogP contribution in [0.2, 0.25) is 0 Å². The molecule has 0 saturated heterocycles. The predicted molar refractivity (Wildman–Crippen MR) is 70.1 cm³/mol. The average molecular weight is 268 g/mol. The number of hydrogen-bond acceptors (Lipinski definition) is 4. The van der Waals surface area contributed by atoms with Gasteiger partial charge in [0.25, 0.3) is 0 Å². The molecule has 0 radical (unpaired) electrons. The third-order valence-electron chi connectivity index (χ3n) is 3.08. The quantitative estimate of drug-likeness (QED) is 0.529. The van der Waals surface area contributed by atoms with Crippen LogP contribution in [-0.4, -0.2) is 29.4 Å². The van der Waals surface area contributed by atoms with E-state index in [2.05, 4.69) is 20.2 Å². The highest BCUT2D eigenvalue weighted by molar-refractivity contribution is 5.89. The summed E-state index contributed by atoms with van der Waals surface area (Å²) in [5.74, 6) is 0.391. The van der Waals surface area contributed by atoms with Crippen LogP contribution in [0, 0.1) is 12.7 Å². The van der Waals surface area contributed by atoms with Crippen LogP contribution in [0.15, 0.2) is 36.8 Å². The Kier molecular flexibility index (Phi) is 2.11. The van der Waals surface area contributed by atoms with Crippen LogP contribution in [0.1, 0.15) is 5.82 Å². The van der Waals surface area contributed by atoms with Crippen molar-refractivity contribution in [1.29, 1.82) is 0 Å². The molecule has 0 fully saturated rings. The average Bonchev–Trinajstić information content (AvgIpc) is 3.01. The number of rotatable bonds is 1. The fourth-order valence-corrected chi connectivity index (χ4v) is 2.20. The van der Waals surface area contributed by atoms with E-state index in [1.165, 1.54) is 12.1 Å². The summed E-state index contributed by atoms with van der Waals surface area (Å²) in [7, 11) is 0. The number of benzene rings is 1. The fraction of sp³-hybridized carbons (Fsp3) is 0.0769. The van der Waals surface area contributed by atoms with Gasteiger partial charge >= 0.3 is 0 Å². The number of hydrogen-bond donors (Lipinski definition) is 0. The number of aryl methyl sites for hydroxylation is 1. The van der Waals surface area contributed by atoms with E-state index in [1.807, 2.05) is 6.92 Å². The molecule has 20 heavy (non-hydrogen) atoms. The molecule has 0 atom stereocenters. The maximum absolute atomic E-state index is 13.0. The molecule has 0 aliphatic rings. The lowest BCUT2D eigenvalue weighted by atomic mass is 10.3. The standard InChI is InChI=1S/C13H9FN6/c1-8-17-13-11-6-16-20(10-4-2-9(14)3-5-10)12(11)15-7-19(13)18-8/h2-7H,1H3. The van der Waals surface area contributed by atoms with Crippen molar-refractivity contribution in [3.63, 3.8) is 0 Å². The first kappa shape index (κ1) is 11.0. The summed E-state index contributed by atoms with van der Waals surface area (Å²) < 4.78 is 16.3. The number of halogens is 1. The summed E-state index contributed by atoms with van der Waals surface area (Å²) in [4.78, 5) is 8.71. The molecule has 4 rings (SSSR count). The summed E-state index contributed by atoms with van der Waals surface area (Å²) >= 11 is 0. The second-order valence-electron chi connectivity index (χ2n) is 4.44. The molecular formula is C13H9FN6. The number of aromatic nitrogens is 6. The largest absolute Gasteiger partial charge is 0.216 e. The lowest BCUT2D eigenvalue weighted by Crippen LogP contribution is -1.99. The molecule has 3 aromatic heterocycles. The van der Waals surface area contributed by atoms with Crippen LogP contribution in [-0.2, 0) is 0 Å². The molecule has 0 saturated carbocycles. The Balaban J connectivity index is 2.01. The van der Waals surface area contributed by atoms with E-state index < -0.39 is 0 Å². The van der Waals surface area contributed by atoms with Gasteiger partial charge in [0, 0.05) is 0 Å². The summed E-state index contributed by atoms with van der Waals surface area (Å²) in [6, 6.07) is 6.09. The van der Waals surface area contributed by atoms with Crippen LogP contribution in [0.5, 0.6) is 0 Å². The Bertz CT molecular complexity index is 921. The molecule has 7 heteroatoms. The van der Waals surface area contributed by atoms with Gasteiger partial charge < -0.3 is 0 Å². The second-order valence-corrected chi connectivity index (χ2v) is 4.44. The molecular weight excluding hydrogens is 259 g/mol. The van der Waals surface area contributed by atoms with Crippen LogP contribution < -0.4 is 0 Å². The number of fused-ring (bicyclic) bond motifs is 3. The molecule has 0 bridgehead atoms. The van der Waals surface area contributed by atoms with Gasteiger partial charge in [-0.3, -0.25) is 0 Å². The van der Waals surface area contributed by atoms with Crippen molar-refractivity contribution in [2.45, 2.75) is 6.92 Å². The van der Waals surface area contributed by atoms with Crippen LogP contribution in [0.3, 0.4) is 0 Å². The maximum Gasteiger partial charge on any atom is 0.170 e. The van der Waals surface area contributed by atoms with Gasteiger partial charge in [-0.2, -0.15) is 10.2 Å². The molecule has 98 valence electrons. The minimum absolute atomic E-state index is 0.284. The van der Waals surface area contributed by atoms with Crippen LogP contribution in [0.25, 0.3) is 22.4 Å². The Morgan fingerprint density at radius 1 is 1.10 bits per heavy atom. The van der Waals surface area contributed by atoms with Crippen molar-refractivity contribution < 1.29 is 4.39 Å². The zero-order valence-electron chi connectivity index (χ0n) is 10.5. The molecule has 0 aliphatic carbocycles. The Morgan fingerprint density at radius 2 is 1.90 bits per heavy atom. The van der Waals surface area contributed by atoms with E-state index in [0.717, 1.165) is 11.1 Å². The lowest BCUT2D eigenvalue weighted by Gasteiger charge is -2.02. The summed E-state index contributed by atoms with van der Waals surface area (Å²) in [5.41, 5.74) is 2.12. The lowest BCUT2D eigenvalue weighted by molar-refractivity contribution is 0.627. The first-order valence-corrected chi connectivity index (χ1v) is 6.04. The molecule has 0 aliphatic heterocycles. The first-order valence-electron chi connectivity index (χ1n) is 6.04. The topological polar surface area (TPSA) is 60.9 Å². The zero-order valence-corrected chi connectivity index (χ0v) is 10.5. The van der Waals surface area contributed by atoms with Gasteiger partial charge in [0.15, 0.2) is 11.3 Å². The molecule has 3 heterocycles. The molecule has 1 aromatic carbocycles. The van der Waals surface area contributed by atoms with Crippen molar-refractivity contribution >= 4 is 16.7 Å². The van der Waals surface area contributed by atoms with Crippen molar-refractivity contribution in [2.24, 2.45) is 0 Å². The monoisotopic (exact) mass is 268 g/mol. The third-order valence-corrected chi connectivity index (χ3v) is 3.08. The minimum atomic E-state index is -0.284. The Morgan fingerprint density at radius 3 is 2.70 bits per heavy atom. The Labute approximate surface area is 112 Å². The van der Waals surface area contributed by atoms with Crippen LogP contribution >= 0.6 is 0 Å². The van der Waals surface area contributed by atoms with Crippen LogP contribution in [0.4, 0.5) is 4.39 Å². The molecule has 0 N–H and O–H groups in total. The van der Waals surface area contributed by atoms with E-state index in [-0.39, 0.29) is 5.82 Å². The van der Waals surface area contributed by atoms with E-state index in [0.29, 0.717) is 17.1 Å². The summed E-state index contributed by atoms with van der Waals surface area (Å²) in [5, 5.41) is 9.32. The SMILES string of the molecule is Cc1nc2c3cnn(-c4ccc(F)cc4)c3ncn2n1. The zero-order chi connectivity index (χ0) is 13.7. The Hall–Kier alpha value is -2.83. The van der Waals surface area contributed by atoms with Crippen molar-refractivity contribution in [2.75, 3.05) is 0 Å². The second kappa shape index (κ2) is 3.83. The normalized spacial score (nSPS) is 11.5. The van der Waals surface area contributed by atoms with E-state index in [1.54, 1.807) is 33.9 Å². The van der Waals surface area contributed by atoms with Crippen molar-refractivity contribution in [3.05, 3.63) is 48.4 Å². The van der Waals surface area contributed by atoms with Gasteiger partial charge in [0.05, 0.1) is 17.3 Å². The van der Waals surface area contributed by atoms with E-state index >= 15 is 0 Å². The highest BCUT2D eigenvalue weighted by Gasteiger charge is 2.12. The molecule has 4 aromatic rings. The summed E-state index contributed by atoms with van der Waals surface area (Å²) in [6.45, 7) is 1.82. The predicted octanol–water partition coefficient (Wildman–Crippen LogP) is 1.91. The van der Waals surface area contributed by atoms with E-state index in [4.69, 9.17) is 0 Å². The smallest absolute Gasteiger partial charge is 0.170 e. The fourth-order valence-electron chi connectivity index (χ4n) is 2.20. The van der Waals surface area contributed by atoms with Gasteiger partial charge in [-0.05, 0) is 31.2 Å². The number of nitrogens with zero attached hydrogens (tertiary/aromatic N) is 6. The van der Waals surface area contributed by atoms with Gasteiger partial charge in [-0.1, -0.05) is 0 Å². The van der Waals surface area contributed by atoms with Gasteiger partial charge in [-0.15, -0.1) is 0 Å². The molecule has 0 amide bonds. The van der Waals surface area contributed by atoms with Gasteiger partial charge in [0.2, 0.25) is 0 Å². The third kappa shape index (κ3) is 1.49. The molecule has 6 nitrogen and oxygen atoms in total. The maximum atomic E-state index is 13.0. The summed E-state index contributed by atoms with van der Waals surface area (Å²) in [6.07, 6.45) is 3.29. The molecule has 0 spiro atoms.